The summed E-state index contributed by atoms with van der Waals surface area (Å²) in [6.07, 6.45) is 3.57. The number of ether oxygens (including phenoxy) is 1. The second-order valence-electron chi connectivity index (χ2n) is 6.26. The maximum absolute atomic E-state index is 12.3. The number of amides is 2. The van der Waals surface area contributed by atoms with Crippen LogP contribution in [0.3, 0.4) is 0 Å². The Balaban J connectivity index is 1.46. The molecular formula is C17H25N5O2S. The lowest BCUT2D eigenvalue weighted by Gasteiger charge is -2.26. The molecule has 25 heavy (non-hydrogen) atoms. The van der Waals surface area contributed by atoms with E-state index in [4.69, 9.17) is 4.74 Å². The van der Waals surface area contributed by atoms with Crippen molar-refractivity contribution in [1.82, 2.24) is 19.6 Å². The van der Waals surface area contributed by atoms with Gasteiger partial charge in [0.05, 0.1) is 38.2 Å². The van der Waals surface area contributed by atoms with Crippen molar-refractivity contribution in [1.29, 1.82) is 0 Å². The summed E-state index contributed by atoms with van der Waals surface area (Å²) in [5, 5.41) is 9.29. The summed E-state index contributed by atoms with van der Waals surface area (Å²) >= 11 is 1.67. The zero-order valence-corrected chi connectivity index (χ0v) is 15.6. The molecule has 2 amide bonds. The third-order valence-corrected chi connectivity index (χ3v) is 5.34. The number of aromatic nitrogens is 2. The van der Waals surface area contributed by atoms with Crippen LogP contribution in [0.1, 0.15) is 10.4 Å². The molecule has 1 fully saturated rings. The van der Waals surface area contributed by atoms with Gasteiger partial charge < -0.3 is 15.0 Å². The Labute approximate surface area is 152 Å². The smallest absolute Gasteiger partial charge is 0.322 e. The molecule has 8 heteroatoms. The van der Waals surface area contributed by atoms with Gasteiger partial charge in [0.2, 0.25) is 0 Å². The zero-order valence-electron chi connectivity index (χ0n) is 14.8. The summed E-state index contributed by atoms with van der Waals surface area (Å²) in [5.74, 6) is 0. The Bertz CT molecular complexity index is 693. The van der Waals surface area contributed by atoms with Gasteiger partial charge in [-0.2, -0.15) is 5.10 Å². The number of morpholine rings is 1. The molecule has 1 aliphatic heterocycles. The number of rotatable bonds is 6. The highest BCUT2D eigenvalue weighted by atomic mass is 32.1. The minimum atomic E-state index is -0.125. The van der Waals surface area contributed by atoms with E-state index in [2.05, 4.69) is 33.7 Å². The largest absolute Gasteiger partial charge is 0.379 e. The molecule has 2 aromatic rings. The van der Waals surface area contributed by atoms with Crippen LogP contribution in [0.2, 0.25) is 0 Å². The fourth-order valence-corrected chi connectivity index (χ4v) is 3.65. The molecule has 0 spiro atoms. The molecule has 7 nitrogen and oxygen atoms in total. The van der Waals surface area contributed by atoms with Crippen LogP contribution in [0.15, 0.2) is 23.8 Å². The first kappa shape index (κ1) is 17.9. The zero-order chi connectivity index (χ0) is 17.6. The molecule has 1 N–H and O–H groups in total. The molecule has 1 saturated heterocycles. The number of nitrogens with one attached hydrogen (secondary N) is 1. The van der Waals surface area contributed by atoms with Crippen LogP contribution in [0.5, 0.6) is 0 Å². The topological polar surface area (TPSA) is 62.6 Å². The lowest BCUT2D eigenvalue weighted by Crippen LogP contribution is -2.38. The standard InChI is InChI=1S/C17H25N5O2S/c1-14-3-10-25-16(14)13-20(2)17(23)19-15-11-18-22(12-15)5-4-21-6-8-24-9-7-21/h3,10-12H,4-9,13H2,1-2H3,(H,19,23). The normalized spacial score (nSPS) is 15.3. The molecule has 136 valence electrons. The predicted octanol–water partition coefficient (Wildman–Crippen LogP) is 2.25. The first-order valence-electron chi connectivity index (χ1n) is 8.49. The molecule has 0 unspecified atom stereocenters. The predicted molar refractivity (Wildman–Crippen MR) is 99.0 cm³/mol. The minimum Gasteiger partial charge on any atom is -0.379 e. The van der Waals surface area contributed by atoms with E-state index in [1.807, 2.05) is 10.9 Å². The Kier molecular flexibility index (Phi) is 6.06. The fourth-order valence-electron chi connectivity index (χ4n) is 2.69. The van der Waals surface area contributed by atoms with Crippen LogP contribution in [-0.2, 0) is 17.8 Å². The van der Waals surface area contributed by atoms with Crippen molar-refractivity contribution in [3.63, 3.8) is 0 Å². The summed E-state index contributed by atoms with van der Waals surface area (Å²) in [5.41, 5.74) is 1.95. The van der Waals surface area contributed by atoms with Gasteiger partial charge in [0, 0.05) is 37.8 Å². The van der Waals surface area contributed by atoms with Crippen LogP contribution < -0.4 is 5.32 Å². The Morgan fingerprint density at radius 2 is 2.20 bits per heavy atom. The first-order valence-corrected chi connectivity index (χ1v) is 9.37. The van der Waals surface area contributed by atoms with Gasteiger partial charge in [-0.3, -0.25) is 9.58 Å². The van der Waals surface area contributed by atoms with Crippen molar-refractivity contribution < 1.29 is 9.53 Å². The molecule has 3 heterocycles. The number of aryl methyl sites for hydroxylation is 1. The Morgan fingerprint density at radius 3 is 2.92 bits per heavy atom. The van der Waals surface area contributed by atoms with Crippen LogP contribution in [-0.4, -0.2) is 65.5 Å². The van der Waals surface area contributed by atoms with Gasteiger partial charge >= 0.3 is 6.03 Å². The second kappa shape index (κ2) is 8.46. The van der Waals surface area contributed by atoms with E-state index in [1.165, 1.54) is 10.4 Å². The summed E-state index contributed by atoms with van der Waals surface area (Å²) in [6.45, 7) is 7.97. The fraction of sp³-hybridized carbons (Fsp3) is 0.529. The van der Waals surface area contributed by atoms with Gasteiger partial charge in [0.1, 0.15) is 0 Å². The van der Waals surface area contributed by atoms with Gasteiger partial charge in [-0.05, 0) is 23.9 Å². The minimum absolute atomic E-state index is 0.125. The summed E-state index contributed by atoms with van der Waals surface area (Å²) in [4.78, 5) is 17.6. The highest BCUT2D eigenvalue weighted by molar-refractivity contribution is 7.10. The summed E-state index contributed by atoms with van der Waals surface area (Å²) in [6, 6.07) is 1.95. The number of hydrogen-bond donors (Lipinski definition) is 1. The molecule has 0 aromatic carbocycles. The van der Waals surface area contributed by atoms with E-state index in [0.717, 1.165) is 45.1 Å². The quantitative estimate of drug-likeness (QED) is 0.855. The van der Waals surface area contributed by atoms with E-state index < -0.39 is 0 Å². The number of hydrogen-bond acceptors (Lipinski definition) is 5. The number of urea groups is 1. The molecule has 0 radical (unpaired) electrons. The van der Waals surface area contributed by atoms with E-state index in [-0.39, 0.29) is 6.03 Å². The van der Waals surface area contributed by atoms with Crippen LogP contribution in [0.4, 0.5) is 10.5 Å². The maximum atomic E-state index is 12.3. The molecule has 0 bridgehead atoms. The SMILES string of the molecule is Cc1ccsc1CN(C)C(=O)Nc1cnn(CCN2CCOCC2)c1. The Morgan fingerprint density at radius 1 is 1.40 bits per heavy atom. The van der Waals surface area contributed by atoms with Crippen LogP contribution in [0.25, 0.3) is 0 Å². The summed E-state index contributed by atoms with van der Waals surface area (Å²) in [7, 11) is 1.80. The molecule has 0 atom stereocenters. The number of anilines is 1. The highest BCUT2D eigenvalue weighted by Gasteiger charge is 2.13. The lowest BCUT2D eigenvalue weighted by atomic mass is 10.3. The molecule has 0 aliphatic carbocycles. The van der Waals surface area contributed by atoms with Crippen LogP contribution >= 0.6 is 11.3 Å². The molecule has 3 rings (SSSR count). The van der Waals surface area contributed by atoms with Crippen molar-refractivity contribution in [2.24, 2.45) is 0 Å². The van der Waals surface area contributed by atoms with Crippen molar-refractivity contribution in [2.45, 2.75) is 20.0 Å². The monoisotopic (exact) mass is 363 g/mol. The third-order valence-electron chi connectivity index (χ3n) is 4.33. The van der Waals surface area contributed by atoms with Gasteiger partial charge in [0.25, 0.3) is 0 Å². The van der Waals surface area contributed by atoms with Gasteiger partial charge in [-0.1, -0.05) is 0 Å². The van der Waals surface area contributed by atoms with E-state index in [0.29, 0.717) is 6.54 Å². The van der Waals surface area contributed by atoms with Crippen molar-refractivity contribution in [2.75, 3.05) is 45.2 Å². The highest BCUT2D eigenvalue weighted by Crippen LogP contribution is 2.17. The second-order valence-corrected chi connectivity index (χ2v) is 7.26. The molecule has 2 aromatic heterocycles. The molecular weight excluding hydrogens is 338 g/mol. The van der Waals surface area contributed by atoms with Crippen LogP contribution in [0, 0.1) is 6.92 Å². The van der Waals surface area contributed by atoms with Gasteiger partial charge in [0.15, 0.2) is 0 Å². The number of carbonyl (C=O) groups is 1. The average Bonchev–Trinajstić information content (AvgIpc) is 3.23. The van der Waals surface area contributed by atoms with E-state index in [9.17, 15) is 4.79 Å². The van der Waals surface area contributed by atoms with E-state index >= 15 is 0 Å². The van der Waals surface area contributed by atoms with E-state index in [1.54, 1.807) is 29.5 Å². The van der Waals surface area contributed by atoms with Gasteiger partial charge in [-0.25, -0.2) is 4.79 Å². The Hall–Kier alpha value is -1.90. The van der Waals surface area contributed by atoms with Crippen molar-refractivity contribution in [3.05, 3.63) is 34.3 Å². The molecule has 0 saturated carbocycles. The number of nitrogens with zero attached hydrogens (tertiary/aromatic N) is 4. The maximum Gasteiger partial charge on any atom is 0.322 e. The van der Waals surface area contributed by atoms with Crippen molar-refractivity contribution >= 4 is 23.1 Å². The third kappa shape index (κ3) is 5.04. The summed E-state index contributed by atoms with van der Waals surface area (Å²) < 4.78 is 7.22. The number of carbonyl (C=O) groups excluding carboxylic acids is 1. The van der Waals surface area contributed by atoms with Gasteiger partial charge in [-0.15, -0.1) is 11.3 Å². The van der Waals surface area contributed by atoms with Crippen molar-refractivity contribution in [3.8, 4) is 0 Å². The first-order chi connectivity index (χ1) is 12.1. The number of thiophene rings is 1. The average molecular weight is 363 g/mol. The molecule has 1 aliphatic rings. The lowest BCUT2D eigenvalue weighted by molar-refractivity contribution is 0.0360.